The number of amides is 1. The fourth-order valence-electron chi connectivity index (χ4n) is 2.77. The standard InChI is InChI=1S/C20H19F3N4O3/c1-2-30-15-6-3-13(4-7-15)16(28)8-10-19(29)24-11-18-26-25-17-9-5-14(12-27(17)18)20(21,22)23/h3-7,9,12H,2,8,10-11H2,1H3,(H,24,29). The summed E-state index contributed by atoms with van der Waals surface area (Å²) >= 11 is 0. The fraction of sp³-hybridized carbons (Fsp3) is 0.300. The Kier molecular flexibility index (Phi) is 6.34. The lowest BCUT2D eigenvalue weighted by atomic mass is 10.1. The van der Waals surface area contributed by atoms with Crippen molar-refractivity contribution in [2.24, 2.45) is 0 Å². The van der Waals surface area contributed by atoms with E-state index in [9.17, 15) is 22.8 Å². The van der Waals surface area contributed by atoms with Crippen LogP contribution in [0.25, 0.3) is 5.65 Å². The van der Waals surface area contributed by atoms with Gasteiger partial charge in [0, 0.05) is 24.6 Å². The van der Waals surface area contributed by atoms with Gasteiger partial charge in [-0.2, -0.15) is 13.2 Å². The van der Waals surface area contributed by atoms with Crippen LogP contribution in [0.15, 0.2) is 42.6 Å². The fourth-order valence-corrected chi connectivity index (χ4v) is 2.77. The highest BCUT2D eigenvalue weighted by Crippen LogP contribution is 2.29. The average molecular weight is 420 g/mol. The first-order valence-corrected chi connectivity index (χ1v) is 9.21. The number of ketones is 1. The molecule has 0 fully saturated rings. The highest BCUT2D eigenvalue weighted by atomic mass is 19.4. The molecule has 0 aliphatic carbocycles. The minimum absolute atomic E-state index is 0.00137. The van der Waals surface area contributed by atoms with Gasteiger partial charge in [0.25, 0.3) is 0 Å². The number of rotatable bonds is 8. The summed E-state index contributed by atoms with van der Waals surface area (Å²) in [6.45, 7) is 2.26. The molecule has 0 aliphatic heterocycles. The van der Waals surface area contributed by atoms with Crippen molar-refractivity contribution in [1.82, 2.24) is 19.9 Å². The molecule has 0 unspecified atom stereocenters. The summed E-state index contributed by atoms with van der Waals surface area (Å²) in [4.78, 5) is 24.3. The quantitative estimate of drug-likeness (QED) is 0.565. The van der Waals surface area contributed by atoms with Crippen LogP contribution in [0.2, 0.25) is 0 Å². The van der Waals surface area contributed by atoms with E-state index < -0.39 is 17.6 Å². The van der Waals surface area contributed by atoms with E-state index in [0.29, 0.717) is 17.9 Å². The van der Waals surface area contributed by atoms with Gasteiger partial charge in [0.05, 0.1) is 18.7 Å². The van der Waals surface area contributed by atoms with E-state index in [0.717, 1.165) is 12.3 Å². The lowest BCUT2D eigenvalue weighted by Gasteiger charge is -2.08. The normalized spacial score (nSPS) is 11.5. The molecule has 1 amide bonds. The number of aromatic nitrogens is 3. The summed E-state index contributed by atoms with van der Waals surface area (Å²) in [5.74, 6) is 0.192. The number of halogens is 3. The van der Waals surface area contributed by atoms with Crippen molar-refractivity contribution >= 4 is 17.3 Å². The maximum atomic E-state index is 12.9. The number of alkyl halides is 3. The van der Waals surface area contributed by atoms with Gasteiger partial charge in [-0.05, 0) is 43.3 Å². The molecule has 0 atom stereocenters. The van der Waals surface area contributed by atoms with Gasteiger partial charge in [-0.15, -0.1) is 10.2 Å². The Hall–Kier alpha value is -3.43. The molecule has 0 bridgehead atoms. The number of hydrogen-bond acceptors (Lipinski definition) is 5. The van der Waals surface area contributed by atoms with E-state index in [4.69, 9.17) is 4.74 Å². The highest BCUT2D eigenvalue weighted by molar-refractivity contribution is 5.98. The lowest BCUT2D eigenvalue weighted by molar-refractivity contribution is -0.137. The molecule has 1 N–H and O–H groups in total. The zero-order chi connectivity index (χ0) is 21.7. The Morgan fingerprint density at radius 1 is 1.07 bits per heavy atom. The first-order valence-electron chi connectivity index (χ1n) is 9.21. The van der Waals surface area contributed by atoms with Crippen LogP contribution in [-0.2, 0) is 17.5 Å². The number of nitrogens with zero attached hydrogens (tertiary/aromatic N) is 3. The average Bonchev–Trinajstić information content (AvgIpc) is 3.13. The molecule has 7 nitrogen and oxygen atoms in total. The number of hydrogen-bond donors (Lipinski definition) is 1. The smallest absolute Gasteiger partial charge is 0.417 e. The zero-order valence-electron chi connectivity index (χ0n) is 16.1. The Morgan fingerprint density at radius 3 is 2.47 bits per heavy atom. The first-order chi connectivity index (χ1) is 14.3. The molecule has 3 rings (SSSR count). The maximum absolute atomic E-state index is 12.9. The van der Waals surface area contributed by atoms with Gasteiger partial charge in [0.1, 0.15) is 5.75 Å². The van der Waals surface area contributed by atoms with Gasteiger partial charge >= 0.3 is 6.18 Å². The number of carbonyl (C=O) groups is 2. The molecule has 1 aromatic carbocycles. The third kappa shape index (κ3) is 5.13. The summed E-state index contributed by atoms with van der Waals surface area (Å²) in [6.07, 6.45) is -3.68. The molecule has 158 valence electrons. The number of nitrogens with one attached hydrogen (secondary N) is 1. The monoisotopic (exact) mass is 420 g/mol. The van der Waals surface area contributed by atoms with Gasteiger partial charge in [-0.3, -0.25) is 14.0 Å². The van der Waals surface area contributed by atoms with E-state index in [1.165, 1.54) is 10.5 Å². The summed E-state index contributed by atoms with van der Waals surface area (Å²) in [7, 11) is 0. The van der Waals surface area contributed by atoms with Gasteiger partial charge in [0.15, 0.2) is 17.3 Å². The predicted octanol–water partition coefficient (Wildman–Crippen LogP) is 3.43. The first kappa shape index (κ1) is 21.3. The van der Waals surface area contributed by atoms with Crippen molar-refractivity contribution in [3.63, 3.8) is 0 Å². The SMILES string of the molecule is CCOc1ccc(C(=O)CCC(=O)NCc2nnc3ccc(C(F)(F)F)cn23)cc1. The summed E-state index contributed by atoms with van der Waals surface area (Å²) in [5, 5.41) is 10.1. The van der Waals surface area contributed by atoms with Crippen LogP contribution in [0.4, 0.5) is 13.2 Å². The number of benzene rings is 1. The number of pyridine rings is 1. The van der Waals surface area contributed by atoms with E-state index >= 15 is 0 Å². The third-order valence-electron chi connectivity index (χ3n) is 4.31. The second-order valence-electron chi connectivity index (χ2n) is 6.42. The number of ether oxygens (including phenoxy) is 1. The third-order valence-corrected chi connectivity index (χ3v) is 4.31. The molecule has 0 saturated carbocycles. The van der Waals surface area contributed by atoms with Crippen LogP contribution in [0.1, 0.15) is 41.5 Å². The molecule has 0 saturated heterocycles. The van der Waals surface area contributed by atoms with Crippen molar-refractivity contribution < 1.29 is 27.5 Å². The van der Waals surface area contributed by atoms with Crippen LogP contribution < -0.4 is 10.1 Å². The molecule has 2 aromatic heterocycles. The summed E-state index contributed by atoms with van der Waals surface area (Å²) < 4.78 is 45.1. The molecule has 30 heavy (non-hydrogen) atoms. The Morgan fingerprint density at radius 2 is 1.80 bits per heavy atom. The summed E-state index contributed by atoms with van der Waals surface area (Å²) in [5.41, 5.74) is -0.143. The van der Waals surface area contributed by atoms with Crippen molar-refractivity contribution in [1.29, 1.82) is 0 Å². The lowest BCUT2D eigenvalue weighted by Crippen LogP contribution is -2.24. The van der Waals surface area contributed by atoms with Crippen molar-refractivity contribution in [3.05, 3.63) is 59.5 Å². The van der Waals surface area contributed by atoms with Crippen LogP contribution in [0, 0.1) is 0 Å². The van der Waals surface area contributed by atoms with Crippen molar-refractivity contribution in [2.45, 2.75) is 32.5 Å². The minimum atomic E-state index is -4.50. The zero-order valence-corrected chi connectivity index (χ0v) is 16.1. The molecule has 3 aromatic rings. The van der Waals surface area contributed by atoms with Crippen molar-refractivity contribution in [3.8, 4) is 5.75 Å². The number of carbonyl (C=O) groups excluding carboxylic acids is 2. The number of Topliss-reactive ketones (excluding diaryl/α,β-unsaturated/α-hetero) is 1. The molecular formula is C20H19F3N4O3. The second kappa shape index (κ2) is 8.93. The number of fused-ring (bicyclic) bond motifs is 1. The molecular weight excluding hydrogens is 401 g/mol. The van der Waals surface area contributed by atoms with Crippen LogP contribution in [0.5, 0.6) is 5.75 Å². The van der Waals surface area contributed by atoms with Crippen LogP contribution in [0.3, 0.4) is 0 Å². The van der Waals surface area contributed by atoms with E-state index in [1.54, 1.807) is 24.3 Å². The van der Waals surface area contributed by atoms with Gasteiger partial charge in [-0.25, -0.2) is 0 Å². The van der Waals surface area contributed by atoms with Gasteiger partial charge in [0.2, 0.25) is 5.91 Å². The molecule has 10 heteroatoms. The minimum Gasteiger partial charge on any atom is -0.494 e. The van der Waals surface area contributed by atoms with Crippen LogP contribution in [-0.4, -0.2) is 32.9 Å². The highest BCUT2D eigenvalue weighted by Gasteiger charge is 2.31. The van der Waals surface area contributed by atoms with Gasteiger partial charge in [-0.1, -0.05) is 0 Å². The summed E-state index contributed by atoms with van der Waals surface area (Å²) in [6, 6.07) is 8.75. The Balaban J connectivity index is 1.55. The largest absolute Gasteiger partial charge is 0.494 e. The Labute approximate surface area is 169 Å². The molecule has 2 heterocycles. The topological polar surface area (TPSA) is 85.6 Å². The second-order valence-corrected chi connectivity index (χ2v) is 6.42. The molecule has 0 radical (unpaired) electrons. The van der Waals surface area contributed by atoms with E-state index in [2.05, 4.69) is 15.5 Å². The predicted molar refractivity (Wildman–Crippen MR) is 101 cm³/mol. The molecule has 0 spiro atoms. The maximum Gasteiger partial charge on any atom is 0.417 e. The van der Waals surface area contributed by atoms with E-state index in [1.807, 2.05) is 6.92 Å². The van der Waals surface area contributed by atoms with E-state index in [-0.39, 0.29) is 36.6 Å². The molecule has 0 aliphatic rings. The van der Waals surface area contributed by atoms with Crippen molar-refractivity contribution in [2.75, 3.05) is 6.61 Å². The van der Waals surface area contributed by atoms with Crippen LogP contribution >= 0.6 is 0 Å². The van der Waals surface area contributed by atoms with Gasteiger partial charge < -0.3 is 10.1 Å². The Bertz CT molecular complexity index is 1050.